The van der Waals surface area contributed by atoms with Crippen molar-refractivity contribution in [2.75, 3.05) is 5.32 Å². The Morgan fingerprint density at radius 3 is 2.88 bits per heavy atom. The number of carbonyl (C=O) groups is 1. The normalized spacial score (nSPS) is 11.5. The van der Waals surface area contributed by atoms with Crippen LogP contribution in [0.2, 0.25) is 0 Å². The molecule has 0 aromatic carbocycles. The van der Waals surface area contributed by atoms with E-state index in [-0.39, 0.29) is 12.5 Å². The summed E-state index contributed by atoms with van der Waals surface area (Å²) in [5, 5.41) is 8.34. The average Bonchev–Trinajstić information content (AvgIpc) is 2.92. The second-order valence-corrected chi connectivity index (χ2v) is 6.37. The standard InChI is InChI=1S/C17H19N5O2/c1-17(2,3)24-14(23)11-22-10-13(9-20-22)21-16-15-12(6-8-19-16)5-4-7-18-15/h4-10H,11H2,1-3H3,(H,19,21). The summed E-state index contributed by atoms with van der Waals surface area (Å²) in [6, 6.07) is 5.76. The van der Waals surface area contributed by atoms with Crippen molar-refractivity contribution in [3.05, 3.63) is 43.0 Å². The first-order valence-corrected chi connectivity index (χ1v) is 7.62. The van der Waals surface area contributed by atoms with Crippen molar-refractivity contribution < 1.29 is 9.53 Å². The maximum atomic E-state index is 11.8. The number of hydrogen-bond acceptors (Lipinski definition) is 6. The third kappa shape index (κ3) is 3.87. The first-order valence-electron chi connectivity index (χ1n) is 7.62. The van der Waals surface area contributed by atoms with Gasteiger partial charge in [0.15, 0.2) is 5.82 Å². The van der Waals surface area contributed by atoms with Gasteiger partial charge in [0.25, 0.3) is 0 Å². The molecule has 0 unspecified atom stereocenters. The summed E-state index contributed by atoms with van der Waals surface area (Å²) >= 11 is 0. The number of pyridine rings is 2. The minimum atomic E-state index is -0.510. The monoisotopic (exact) mass is 325 g/mol. The van der Waals surface area contributed by atoms with Gasteiger partial charge in [-0.1, -0.05) is 6.07 Å². The van der Waals surface area contributed by atoms with Crippen LogP contribution in [-0.4, -0.2) is 31.3 Å². The van der Waals surface area contributed by atoms with Crippen molar-refractivity contribution in [3.8, 4) is 0 Å². The highest BCUT2D eigenvalue weighted by molar-refractivity contribution is 5.89. The van der Waals surface area contributed by atoms with Gasteiger partial charge in [-0.3, -0.25) is 14.5 Å². The molecule has 3 heterocycles. The molecular weight excluding hydrogens is 306 g/mol. The van der Waals surface area contributed by atoms with Crippen LogP contribution >= 0.6 is 0 Å². The first kappa shape index (κ1) is 15.9. The number of ether oxygens (including phenoxy) is 1. The van der Waals surface area contributed by atoms with Crippen LogP contribution in [0.4, 0.5) is 11.5 Å². The minimum Gasteiger partial charge on any atom is -0.459 e. The van der Waals surface area contributed by atoms with Crippen molar-refractivity contribution in [2.24, 2.45) is 0 Å². The molecule has 0 atom stereocenters. The third-order valence-corrected chi connectivity index (χ3v) is 3.13. The van der Waals surface area contributed by atoms with Crippen LogP contribution < -0.4 is 5.32 Å². The summed E-state index contributed by atoms with van der Waals surface area (Å²) in [5.74, 6) is 0.312. The molecule has 0 aliphatic heterocycles. The molecule has 0 aliphatic carbocycles. The molecule has 0 saturated heterocycles. The van der Waals surface area contributed by atoms with Gasteiger partial charge in [0.1, 0.15) is 17.7 Å². The predicted octanol–water partition coefficient (Wildman–Crippen LogP) is 2.91. The van der Waals surface area contributed by atoms with E-state index in [9.17, 15) is 4.79 Å². The van der Waals surface area contributed by atoms with Crippen LogP contribution in [0.3, 0.4) is 0 Å². The maximum absolute atomic E-state index is 11.8. The summed E-state index contributed by atoms with van der Waals surface area (Å²) in [6.45, 7) is 5.56. The van der Waals surface area contributed by atoms with E-state index in [1.807, 2.05) is 39.0 Å². The molecule has 0 fully saturated rings. The van der Waals surface area contributed by atoms with E-state index in [4.69, 9.17) is 4.74 Å². The highest BCUT2D eigenvalue weighted by Crippen LogP contribution is 2.21. The van der Waals surface area contributed by atoms with Crippen LogP contribution in [0.1, 0.15) is 20.8 Å². The predicted molar refractivity (Wildman–Crippen MR) is 90.9 cm³/mol. The van der Waals surface area contributed by atoms with Crippen molar-refractivity contribution in [2.45, 2.75) is 32.9 Å². The van der Waals surface area contributed by atoms with Gasteiger partial charge < -0.3 is 10.1 Å². The molecule has 124 valence electrons. The Balaban J connectivity index is 1.73. The van der Waals surface area contributed by atoms with Gasteiger partial charge in [0, 0.05) is 24.0 Å². The third-order valence-electron chi connectivity index (χ3n) is 3.13. The summed E-state index contributed by atoms with van der Waals surface area (Å²) < 4.78 is 6.81. The first-order chi connectivity index (χ1) is 11.4. The van der Waals surface area contributed by atoms with Crippen LogP contribution in [0.25, 0.3) is 10.9 Å². The highest BCUT2D eigenvalue weighted by Gasteiger charge is 2.17. The molecule has 1 N–H and O–H groups in total. The SMILES string of the molecule is CC(C)(C)OC(=O)Cn1cc(Nc2nccc3cccnc23)cn1. The number of nitrogens with one attached hydrogen (secondary N) is 1. The zero-order valence-corrected chi connectivity index (χ0v) is 13.9. The van der Waals surface area contributed by atoms with E-state index in [0.717, 1.165) is 16.6 Å². The molecule has 0 radical (unpaired) electrons. The van der Waals surface area contributed by atoms with E-state index in [2.05, 4.69) is 20.4 Å². The molecule has 3 rings (SSSR count). The van der Waals surface area contributed by atoms with E-state index >= 15 is 0 Å². The van der Waals surface area contributed by atoms with Crippen LogP contribution in [0, 0.1) is 0 Å². The second-order valence-electron chi connectivity index (χ2n) is 6.37. The smallest absolute Gasteiger partial charge is 0.328 e. The maximum Gasteiger partial charge on any atom is 0.328 e. The Bertz CT molecular complexity index is 861. The Labute approximate surface area is 139 Å². The van der Waals surface area contributed by atoms with E-state index in [0.29, 0.717) is 5.82 Å². The molecule has 0 bridgehead atoms. The van der Waals surface area contributed by atoms with Gasteiger partial charge in [-0.15, -0.1) is 0 Å². The van der Waals surface area contributed by atoms with Gasteiger partial charge in [-0.25, -0.2) is 4.98 Å². The molecular formula is C17H19N5O2. The average molecular weight is 325 g/mol. The molecule has 0 aliphatic rings. The van der Waals surface area contributed by atoms with Crippen molar-refractivity contribution in [1.29, 1.82) is 0 Å². The Morgan fingerprint density at radius 2 is 2.08 bits per heavy atom. The number of rotatable bonds is 4. The topological polar surface area (TPSA) is 81.9 Å². The quantitative estimate of drug-likeness (QED) is 0.743. The number of fused-ring (bicyclic) bond motifs is 1. The van der Waals surface area contributed by atoms with E-state index in [1.165, 1.54) is 4.68 Å². The number of hydrogen-bond donors (Lipinski definition) is 1. The second kappa shape index (κ2) is 6.27. The van der Waals surface area contributed by atoms with Gasteiger partial charge in [0.2, 0.25) is 0 Å². The van der Waals surface area contributed by atoms with Crippen LogP contribution in [0.5, 0.6) is 0 Å². The lowest BCUT2D eigenvalue weighted by Gasteiger charge is -2.19. The molecule has 0 saturated carbocycles. The number of aromatic nitrogens is 4. The summed E-state index contributed by atoms with van der Waals surface area (Å²) in [5.41, 5.74) is 0.994. The number of esters is 1. The van der Waals surface area contributed by atoms with Gasteiger partial charge >= 0.3 is 5.97 Å². The van der Waals surface area contributed by atoms with Gasteiger partial charge in [0.05, 0.1) is 11.9 Å². The molecule has 24 heavy (non-hydrogen) atoms. The zero-order chi connectivity index (χ0) is 17.2. The van der Waals surface area contributed by atoms with Crippen molar-refractivity contribution in [1.82, 2.24) is 19.7 Å². The Morgan fingerprint density at radius 1 is 1.25 bits per heavy atom. The largest absolute Gasteiger partial charge is 0.459 e. The van der Waals surface area contributed by atoms with Crippen LogP contribution in [-0.2, 0) is 16.1 Å². The number of nitrogens with zero attached hydrogens (tertiary/aromatic N) is 4. The fraction of sp³-hybridized carbons (Fsp3) is 0.294. The molecule has 7 heteroatoms. The lowest BCUT2D eigenvalue weighted by molar-refractivity contribution is -0.155. The Hall–Kier alpha value is -2.96. The molecule has 7 nitrogen and oxygen atoms in total. The fourth-order valence-corrected chi connectivity index (χ4v) is 2.25. The fourth-order valence-electron chi connectivity index (χ4n) is 2.25. The summed E-state index contributed by atoms with van der Waals surface area (Å²) in [4.78, 5) is 20.5. The molecule has 0 spiro atoms. The summed E-state index contributed by atoms with van der Waals surface area (Å²) in [6.07, 6.45) is 6.81. The number of anilines is 2. The highest BCUT2D eigenvalue weighted by atomic mass is 16.6. The molecule has 3 aromatic heterocycles. The number of carbonyl (C=O) groups excluding carboxylic acids is 1. The lowest BCUT2D eigenvalue weighted by atomic mass is 10.2. The van der Waals surface area contributed by atoms with E-state index in [1.54, 1.807) is 24.8 Å². The van der Waals surface area contributed by atoms with Gasteiger partial charge in [-0.05, 0) is 32.9 Å². The summed E-state index contributed by atoms with van der Waals surface area (Å²) in [7, 11) is 0. The zero-order valence-electron chi connectivity index (χ0n) is 13.9. The molecule has 3 aromatic rings. The minimum absolute atomic E-state index is 0.0557. The van der Waals surface area contributed by atoms with Crippen molar-refractivity contribution >= 4 is 28.4 Å². The Kier molecular flexibility index (Phi) is 4.16. The lowest BCUT2D eigenvalue weighted by Crippen LogP contribution is -2.26. The van der Waals surface area contributed by atoms with Gasteiger partial charge in [-0.2, -0.15) is 5.10 Å². The van der Waals surface area contributed by atoms with Crippen molar-refractivity contribution in [3.63, 3.8) is 0 Å². The van der Waals surface area contributed by atoms with E-state index < -0.39 is 5.60 Å². The molecule has 0 amide bonds. The van der Waals surface area contributed by atoms with Crippen LogP contribution in [0.15, 0.2) is 43.0 Å².